The predicted molar refractivity (Wildman–Crippen MR) is 110 cm³/mol. The van der Waals surface area contributed by atoms with Crippen LogP contribution < -0.4 is 10.9 Å². The molecule has 1 aliphatic heterocycles. The van der Waals surface area contributed by atoms with Gasteiger partial charge in [-0.3, -0.25) is 9.59 Å². The van der Waals surface area contributed by atoms with Crippen molar-refractivity contribution in [2.45, 2.75) is 30.1 Å². The highest BCUT2D eigenvalue weighted by Gasteiger charge is 2.28. The second-order valence-corrected chi connectivity index (χ2v) is 10.1. The molecule has 1 N–H and O–H groups in total. The third-order valence-electron chi connectivity index (χ3n) is 4.81. The Balaban J connectivity index is 1.40. The summed E-state index contributed by atoms with van der Waals surface area (Å²) < 4.78 is 28.1. The van der Waals surface area contributed by atoms with Crippen molar-refractivity contribution in [1.29, 1.82) is 0 Å². The van der Waals surface area contributed by atoms with Gasteiger partial charge in [0, 0.05) is 23.4 Å². The standard InChI is InChI=1S/C19H20N4O4S2/c24-17(13-23-19(25)16-6-2-1-5-14(16)11-21-23)20-12-15-7-8-18(28-15)29(26,27)22-9-3-4-10-22/h1-2,5-8,11H,3-4,9-10,12-13H2,(H,20,24). The molecule has 0 saturated carbocycles. The van der Waals surface area contributed by atoms with Gasteiger partial charge >= 0.3 is 0 Å². The lowest BCUT2D eigenvalue weighted by molar-refractivity contribution is -0.122. The minimum atomic E-state index is -3.45. The van der Waals surface area contributed by atoms with Crippen molar-refractivity contribution in [3.05, 3.63) is 57.8 Å². The van der Waals surface area contributed by atoms with E-state index in [1.165, 1.54) is 4.31 Å². The fourth-order valence-electron chi connectivity index (χ4n) is 3.27. The number of benzene rings is 1. The van der Waals surface area contributed by atoms with Gasteiger partial charge in [0.15, 0.2) is 0 Å². The first-order valence-electron chi connectivity index (χ1n) is 9.25. The number of hydrogen-bond donors (Lipinski definition) is 1. The Kier molecular flexibility index (Phi) is 5.48. The zero-order chi connectivity index (χ0) is 20.4. The highest BCUT2D eigenvalue weighted by atomic mass is 32.2. The first-order chi connectivity index (χ1) is 13.9. The lowest BCUT2D eigenvalue weighted by Crippen LogP contribution is -2.33. The first kappa shape index (κ1) is 19.7. The van der Waals surface area contributed by atoms with E-state index in [4.69, 9.17) is 0 Å². The predicted octanol–water partition coefficient (Wildman–Crippen LogP) is 1.56. The molecule has 2 aromatic heterocycles. The van der Waals surface area contributed by atoms with Crippen molar-refractivity contribution in [2.75, 3.05) is 13.1 Å². The molecule has 152 valence electrons. The van der Waals surface area contributed by atoms with Crippen LogP contribution in [0.3, 0.4) is 0 Å². The molecule has 29 heavy (non-hydrogen) atoms. The number of thiophene rings is 1. The Hall–Kier alpha value is -2.56. The van der Waals surface area contributed by atoms with E-state index < -0.39 is 10.0 Å². The summed E-state index contributed by atoms with van der Waals surface area (Å²) >= 11 is 1.15. The van der Waals surface area contributed by atoms with E-state index >= 15 is 0 Å². The molecule has 1 saturated heterocycles. The molecule has 0 aliphatic carbocycles. The summed E-state index contributed by atoms with van der Waals surface area (Å²) in [6.45, 7) is 1.11. The van der Waals surface area contributed by atoms with E-state index in [-0.39, 0.29) is 28.8 Å². The Labute approximate surface area is 171 Å². The molecule has 3 aromatic rings. The second-order valence-electron chi connectivity index (χ2n) is 6.80. The van der Waals surface area contributed by atoms with Gasteiger partial charge in [0.05, 0.1) is 18.1 Å². The van der Waals surface area contributed by atoms with Gasteiger partial charge in [-0.25, -0.2) is 13.1 Å². The fourth-order valence-corrected chi connectivity index (χ4v) is 6.23. The third kappa shape index (κ3) is 4.09. The van der Waals surface area contributed by atoms with E-state index in [0.717, 1.165) is 39.1 Å². The quantitative estimate of drug-likeness (QED) is 0.637. The van der Waals surface area contributed by atoms with E-state index in [1.807, 2.05) is 6.07 Å². The van der Waals surface area contributed by atoms with E-state index in [9.17, 15) is 18.0 Å². The Morgan fingerprint density at radius 3 is 2.69 bits per heavy atom. The Morgan fingerprint density at radius 1 is 1.14 bits per heavy atom. The van der Waals surface area contributed by atoms with Crippen molar-refractivity contribution in [3.8, 4) is 0 Å². The minimum absolute atomic E-state index is 0.196. The molecule has 1 fully saturated rings. The largest absolute Gasteiger partial charge is 0.350 e. The number of hydrogen-bond acceptors (Lipinski definition) is 6. The van der Waals surface area contributed by atoms with Crippen LogP contribution in [-0.4, -0.2) is 41.5 Å². The first-order valence-corrected chi connectivity index (χ1v) is 11.5. The highest BCUT2D eigenvalue weighted by molar-refractivity contribution is 7.91. The Morgan fingerprint density at radius 2 is 1.90 bits per heavy atom. The molecule has 4 rings (SSSR count). The summed E-state index contributed by atoms with van der Waals surface area (Å²) in [5, 5.41) is 7.99. The summed E-state index contributed by atoms with van der Waals surface area (Å²) in [5.41, 5.74) is -0.326. The fraction of sp³-hybridized carbons (Fsp3) is 0.316. The van der Waals surface area contributed by atoms with Gasteiger partial charge in [-0.05, 0) is 31.0 Å². The number of carbonyl (C=O) groups is 1. The summed E-state index contributed by atoms with van der Waals surface area (Å²) in [7, 11) is -3.45. The molecule has 1 aliphatic rings. The summed E-state index contributed by atoms with van der Waals surface area (Å²) in [6.07, 6.45) is 3.32. The summed E-state index contributed by atoms with van der Waals surface area (Å²) in [6, 6.07) is 10.3. The monoisotopic (exact) mass is 432 g/mol. The second kappa shape index (κ2) is 8.05. The van der Waals surface area contributed by atoms with Crippen LogP contribution in [0.25, 0.3) is 10.8 Å². The number of rotatable bonds is 6. The van der Waals surface area contributed by atoms with E-state index in [2.05, 4.69) is 10.4 Å². The SMILES string of the molecule is O=C(Cn1ncc2ccccc2c1=O)NCc1ccc(S(=O)(=O)N2CCCC2)s1. The van der Waals surface area contributed by atoms with Gasteiger partial charge in [0.2, 0.25) is 5.91 Å². The van der Waals surface area contributed by atoms with Gasteiger partial charge in [-0.15, -0.1) is 11.3 Å². The van der Waals surface area contributed by atoms with E-state index in [0.29, 0.717) is 18.5 Å². The maximum absolute atomic E-state index is 12.6. The number of nitrogens with one attached hydrogen (secondary N) is 1. The zero-order valence-corrected chi connectivity index (χ0v) is 17.2. The van der Waals surface area contributed by atoms with Crippen LogP contribution in [0.15, 0.2) is 51.6 Å². The van der Waals surface area contributed by atoms with Crippen molar-refractivity contribution in [2.24, 2.45) is 0 Å². The molecule has 10 heteroatoms. The number of amides is 1. The third-order valence-corrected chi connectivity index (χ3v) is 8.26. The molecule has 8 nitrogen and oxygen atoms in total. The van der Waals surface area contributed by atoms with Gasteiger partial charge in [0.25, 0.3) is 15.6 Å². The van der Waals surface area contributed by atoms with Crippen molar-refractivity contribution >= 4 is 38.0 Å². The number of sulfonamides is 1. The number of fused-ring (bicyclic) bond motifs is 1. The zero-order valence-electron chi connectivity index (χ0n) is 15.6. The molecular formula is C19H20N4O4S2. The van der Waals surface area contributed by atoms with Crippen molar-refractivity contribution in [1.82, 2.24) is 19.4 Å². The molecular weight excluding hydrogens is 412 g/mol. The van der Waals surface area contributed by atoms with Gasteiger partial charge in [-0.1, -0.05) is 18.2 Å². The maximum atomic E-state index is 12.6. The molecule has 1 aromatic carbocycles. The number of carbonyl (C=O) groups excluding carboxylic acids is 1. The maximum Gasteiger partial charge on any atom is 0.275 e. The lowest BCUT2D eigenvalue weighted by atomic mass is 10.2. The normalized spacial score (nSPS) is 15.0. The average molecular weight is 433 g/mol. The summed E-state index contributed by atoms with van der Waals surface area (Å²) in [5.74, 6) is -0.368. The molecule has 0 radical (unpaired) electrons. The molecule has 1 amide bonds. The smallest absolute Gasteiger partial charge is 0.275 e. The van der Waals surface area contributed by atoms with Gasteiger partial charge in [-0.2, -0.15) is 9.40 Å². The molecule has 3 heterocycles. The molecule has 0 spiro atoms. The lowest BCUT2D eigenvalue weighted by Gasteiger charge is -2.13. The Bertz CT molecular complexity index is 1210. The van der Waals surface area contributed by atoms with Crippen molar-refractivity contribution in [3.63, 3.8) is 0 Å². The minimum Gasteiger partial charge on any atom is -0.350 e. The van der Waals surface area contributed by atoms with Crippen molar-refractivity contribution < 1.29 is 13.2 Å². The molecule has 0 atom stereocenters. The number of aromatic nitrogens is 2. The van der Waals surface area contributed by atoms with Crippen LogP contribution in [-0.2, 0) is 27.9 Å². The number of nitrogens with zero attached hydrogens (tertiary/aromatic N) is 3. The van der Waals surface area contributed by atoms with Crippen LogP contribution in [0.5, 0.6) is 0 Å². The van der Waals surface area contributed by atoms with Gasteiger partial charge in [0.1, 0.15) is 10.8 Å². The van der Waals surface area contributed by atoms with Crippen LogP contribution in [0.1, 0.15) is 17.7 Å². The average Bonchev–Trinajstić information content (AvgIpc) is 3.41. The van der Waals surface area contributed by atoms with E-state index in [1.54, 1.807) is 36.5 Å². The van der Waals surface area contributed by atoms with Gasteiger partial charge < -0.3 is 5.32 Å². The topological polar surface area (TPSA) is 101 Å². The van der Waals surface area contributed by atoms with Crippen LogP contribution in [0, 0.1) is 0 Å². The molecule has 0 unspecified atom stereocenters. The molecule has 0 bridgehead atoms. The highest BCUT2D eigenvalue weighted by Crippen LogP contribution is 2.27. The van der Waals surface area contributed by atoms with Crippen LogP contribution in [0.4, 0.5) is 0 Å². The van der Waals surface area contributed by atoms with Crippen LogP contribution >= 0.6 is 11.3 Å². The summed E-state index contributed by atoms with van der Waals surface area (Å²) in [4.78, 5) is 25.4. The van der Waals surface area contributed by atoms with Crippen LogP contribution in [0.2, 0.25) is 0 Å².